The average molecular weight is 572 g/mol. The number of hydrogen-bond acceptors (Lipinski definition) is 13. The summed E-state index contributed by atoms with van der Waals surface area (Å²) < 4.78 is 0.659. The van der Waals surface area contributed by atoms with Crippen LogP contribution in [0.5, 0.6) is 0 Å². The van der Waals surface area contributed by atoms with E-state index in [1.165, 1.54) is 45.1 Å². The van der Waals surface area contributed by atoms with Gasteiger partial charge >= 0.3 is 5.97 Å². The van der Waals surface area contributed by atoms with E-state index in [2.05, 4.69) is 31.0 Å². The monoisotopic (exact) mass is 571 g/mol. The van der Waals surface area contributed by atoms with Crippen LogP contribution in [0.15, 0.2) is 20.4 Å². The van der Waals surface area contributed by atoms with Crippen molar-refractivity contribution in [1.29, 1.82) is 0 Å². The third-order valence-electron chi connectivity index (χ3n) is 5.20. The van der Waals surface area contributed by atoms with Gasteiger partial charge in [-0.25, -0.2) is 4.98 Å². The number of anilines is 1. The summed E-state index contributed by atoms with van der Waals surface area (Å²) in [5.74, 6) is -1.53. The number of carboxylic acid groups (broad SMARTS) is 1. The first-order valence-electron chi connectivity index (χ1n) is 10.5. The van der Waals surface area contributed by atoms with Crippen molar-refractivity contribution in [1.82, 2.24) is 25.4 Å². The van der Waals surface area contributed by atoms with Gasteiger partial charge < -0.3 is 25.5 Å². The number of aliphatic carboxylic acids is 1. The molecule has 2 saturated heterocycles. The first-order chi connectivity index (χ1) is 17.2. The van der Waals surface area contributed by atoms with E-state index in [9.17, 15) is 24.3 Å². The van der Waals surface area contributed by atoms with Crippen molar-refractivity contribution in [3.63, 3.8) is 0 Å². The number of hydrogen-bond donors (Lipinski definition) is 3. The van der Waals surface area contributed by atoms with E-state index in [0.29, 0.717) is 10.7 Å². The van der Waals surface area contributed by atoms with E-state index < -0.39 is 28.7 Å². The zero-order valence-corrected chi connectivity index (χ0v) is 22.2. The van der Waals surface area contributed by atoms with Crippen molar-refractivity contribution in [2.75, 3.05) is 23.4 Å². The molecule has 17 heteroatoms. The second-order valence-electron chi connectivity index (χ2n) is 8.09. The summed E-state index contributed by atoms with van der Waals surface area (Å²) in [5, 5.41) is 28.1. The van der Waals surface area contributed by atoms with E-state index >= 15 is 0 Å². The Balaban J connectivity index is 1.44. The molecule has 0 radical (unpaired) electrons. The van der Waals surface area contributed by atoms with Crippen LogP contribution in [0.1, 0.15) is 19.5 Å². The number of oxime groups is 1. The molecule has 0 saturated carbocycles. The van der Waals surface area contributed by atoms with Crippen LogP contribution in [0.3, 0.4) is 0 Å². The Bertz CT molecular complexity index is 1170. The lowest BCUT2D eigenvalue weighted by atomic mass is 9.89. The Labute approximate surface area is 221 Å². The number of carbonyl (C=O) groups excluding carboxylic acids is 3. The Hall–Kier alpha value is -2.76. The van der Waals surface area contributed by atoms with Gasteiger partial charge in [0.05, 0.1) is 0 Å². The van der Waals surface area contributed by atoms with Gasteiger partial charge in [-0.3, -0.25) is 19.2 Å². The Morgan fingerprint density at radius 1 is 1.44 bits per heavy atom. The maximum absolute atomic E-state index is 13.1. The maximum atomic E-state index is 13.1. The third-order valence-corrected chi connectivity index (χ3v) is 9.71. The number of carboxylic acids is 1. The molecule has 2 aromatic heterocycles. The van der Waals surface area contributed by atoms with Crippen molar-refractivity contribution < 1.29 is 29.1 Å². The first-order valence-corrected chi connectivity index (χ1v) is 14.3. The van der Waals surface area contributed by atoms with Gasteiger partial charge in [-0.15, -0.1) is 33.3 Å². The predicted octanol–water partition coefficient (Wildman–Crippen LogP) is 0.955. The van der Waals surface area contributed by atoms with Crippen LogP contribution in [0.2, 0.25) is 0 Å². The van der Waals surface area contributed by atoms with Gasteiger partial charge in [0, 0.05) is 23.4 Å². The van der Waals surface area contributed by atoms with Gasteiger partial charge in [-0.05, 0) is 13.8 Å². The molecule has 3 atom stereocenters. The fourth-order valence-electron chi connectivity index (χ4n) is 3.40. The highest BCUT2D eigenvalue weighted by Crippen LogP contribution is 2.44. The number of carbonyl (C=O) groups is 4. The van der Waals surface area contributed by atoms with E-state index in [1.54, 1.807) is 19.4 Å². The SMILES string of the molecule is CC(C)ON=C(C(=O)NC1C(=O)N2CC(CSc3nncs3)(C(=O)O)CS[C@H]12)c1csc(NC=O)n1. The normalized spacial score (nSPS) is 23.6. The first kappa shape index (κ1) is 26.3. The quantitative estimate of drug-likeness (QED) is 0.115. The summed E-state index contributed by atoms with van der Waals surface area (Å²) in [6.07, 6.45) is 0.158. The largest absolute Gasteiger partial charge is 0.481 e. The molecule has 3 N–H and O–H groups in total. The van der Waals surface area contributed by atoms with Gasteiger partial charge in [0.2, 0.25) is 12.3 Å². The second-order valence-corrected chi connectivity index (χ2v) is 12.1. The highest BCUT2D eigenvalue weighted by atomic mass is 32.2. The molecule has 4 heterocycles. The number of nitrogens with zero attached hydrogens (tertiary/aromatic N) is 5. The summed E-state index contributed by atoms with van der Waals surface area (Å²) in [6.45, 7) is 3.51. The fraction of sp³-hybridized carbons (Fsp3) is 0.474. The van der Waals surface area contributed by atoms with Crippen LogP contribution in [-0.2, 0) is 24.0 Å². The topological polar surface area (TPSA) is 176 Å². The van der Waals surface area contributed by atoms with Crippen molar-refractivity contribution in [3.05, 3.63) is 16.6 Å². The smallest absolute Gasteiger partial charge is 0.313 e. The molecule has 192 valence electrons. The lowest BCUT2D eigenvalue weighted by Crippen LogP contribution is -2.74. The van der Waals surface area contributed by atoms with Crippen LogP contribution >= 0.6 is 46.2 Å². The van der Waals surface area contributed by atoms with E-state index in [4.69, 9.17) is 4.84 Å². The zero-order valence-electron chi connectivity index (χ0n) is 18.9. The summed E-state index contributed by atoms with van der Waals surface area (Å²) >= 11 is 5.03. The molecule has 0 aliphatic carbocycles. The molecule has 2 aliphatic rings. The molecule has 2 fully saturated rings. The minimum absolute atomic E-state index is 0.0290. The molecule has 13 nitrogen and oxygen atoms in total. The molecule has 0 aromatic carbocycles. The van der Waals surface area contributed by atoms with E-state index in [0.717, 1.165) is 11.3 Å². The third kappa shape index (κ3) is 5.47. The Kier molecular flexibility index (Phi) is 8.11. The molecule has 36 heavy (non-hydrogen) atoms. The summed E-state index contributed by atoms with van der Waals surface area (Å²) in [7, 11) is 0. The van der Waals surface area contributed by atoms with Gasteiger partial charge in [-0.1, -0.05) is 28.3 Å². The average Bonchev–Trinajstić information content (AvgIpc) is 3.53. The number of thiazole rings is 1. The number of rotatable bonds is 11. The summed E-state index contributed by atoms with van der Waals surface area (Å²) in [6, 6.07) is -0.847. The number of thioether (sulfide) groups is 2. The lowest BCUT2D eigenvalue weighted by Gasteiger charge is -2.53. The minimum atomic E-state index is -1.15. The van der Waals surface area contributed by atoms with Crippen molar-refractivity contribution >= 4 is 81.2 Å². The zero-order chi connectivity index (χ0) is 25.9. The van der Waals surface area contributed by atoms with Gasteiger partial charge in [-0.2, -0.15) is 0 Å². The number of fused-ring (bicyclic) bond motifs is 1. The highest BCUT2D eigenvalue weighted by molar-refractivity contribution is 8.01. The van der Waals surface area contributed by atoms with Crippen LogP contribution in [0.25, 0.3) is 0 Å². The maximum Gasteiger partial charge on any atom is 0.313 e. The molecule has 3 amide bonds. The van der Waals surface area contributed by atoms with Crippen LogP contribution < -0.4 is 10.6 Å². The molecule has 2 aromatic rings. The summed E-state index contributed by atoms with van der Waals surface area (Å²) in [5.41, 5.74) is 0.464. The number of aromatic nitrogens is 3. The number of amides is 3. The van der Waals surface area contributed by atoms with Gasteiger partial charge in [0.1, 0.15) is 34.1 Å². The van der Waals surface area contributed by atoms with Crippen molar-refractivity contribution in [2.45, 2.75) is 35.7 Å². The fourth-order valence-corrected chi connectivity index (χ4v) is 7.41. The Morgan fingerprint density at radius 2 is 2.25 bits per heavy atom. The molecule has 2 aliphatic heterocycles. The predicted molar refractivity (Wildman–Crippen MR) is 135 cm³/mol. The standard InChI is InChI=1S/C19H21N7O6S4/c1-9(2)32-25-11(10-3-33-17(22-10)20-7-27)13(28)23-12-14(29)26-4-19(16(30)31,5-34-15(12)26)6-35-18-24-21-8-36-18/h3,7-9,12,15H,4-6H2,1-2H3,(H,23,28)(H,30,31)(H,20,22,27)/t12?,15-,19?/m1/s1. The Morgan fingerprint density at radius 3 is 2.92 bits per heavy atom. The van der Waals surface area contributed by atoms with Crippen molar-refractivity contribution in [3.8, 4) is 0 Å². The molecule has 4 rings (SSSR count). The molecule has 0 bridgehead atoms. The lowest BCUT2D eigenvalue weighted by molar-refractivity contribution is -0.157. The van der Waals surface area contributed by atoms with Crippen LogP contribution in [-0.4, -0.2) is 90.7 Å². The second kappa shape index (κ2) is 11.1. The van der Waals surface area contributed by atoms with Crippen LogP contribution in [0, 0.1) is 5.41 Å². The van der Waals surface area contributed by atoms with Crippen molar-refractivity contribution in [2.24, 2.45) is 10.6 Å². The molecule has 0 spiro atoms. The van der Waals surface area contributed by atoms with Gasteiger partial charge in [0.25, 0.3) is 5.91 Å². The molecular formula is C19H21N7O6S4. The van der Waals surface area contributed by atoms with E-state index in [-0.39, 0.29) is 46.6 Å². The molecular weight excluding hydrogens is 551 g/mol. The minimum Gasteiger partial charge on any atom is -0.481 e. The number of β-lactam (4-membered cyclic amide) rings is 1. The molecule has 2 unspecified atom stereocenters. The van der Waals surface area contributed by atoms with E-state index in [1.807, 2.05) is 0 Å². The van der Waals surface area contributed by atoms with Crippen LogP contribution in [0.4, 0.5) is 5.13 Å². The van der Waals surface area contributed by atoms with Gasteiger partial charge in [0.15, 0.2) is 15.2 Å². The number of nitrogens with one attached hydrogen (secondary N) is 2. The highest BCUT2D eigenvalue weighted by Gasteiger charge is 2.57. The summed E-state index contributed by atoms with van der Waals surface area (Å²) in [4.78, 5) is 59.8.